The lowest BCUT2D eigenvalue weighted by atomic mass is 10.3. The van der Waals surface area contributed by atoms with Gasteiger partial charge in [0.05, 0.1) is 5.69 Å². The number of aryl methyl sites for hydroxylation is 1. The maximum atomic E-state index is 11.9. The molecule has 4 N–H and O–H groups in total. The van der Waals surface area contributed by atoms with Crippen LogP contribution >= 0.6 is 0 Å². The molecule has 1 heterocycles. The van der Waals surface area contributed by atoms with Crippen LogP contribution in [-0.2, 0) is 4.79 Å². The highest BCUT2D eigenvalue weighted by atomic mass is 19.4. The lowest BCUT2D eigenvalue weighted by Gasteiger charge is -2.10. The van der Waals surface area contributed by atoms with E-state index in [-0.39, 0.29) is 6.54 Å². The Morgan fingerprint density at radius 2 is 2.05 bits per heavy atom. The highest BCUT2D eigenvalue weighted by molar-refractivity contribution is 5.81. The molecular weight excluding hydrogens is 261 g/mol. The number of hydrogen-bond acceptors (Lipinski definition) is 4. The summed E-state index contributed by atoms with van der Waals surface area (Å²) in [4.78, 5) is 14.6. The molecule has 8 heteroatoms. The fourth-order valence-corrected chi connectivity index (χ4v) is 1.31. The Hall–Kier alpha value is -1.99. The summed E-state index contributed by atoms with van der Waals surface area (Å²) in [7, 11) is 0. The van der Waals surface area contributed by atoms with Crippen LogP contribution < -0.4 is 16.4 Å². The average molecular weight is 276 g/mol. The molecule has 0 aliphatic carbocycles. The predicted octanol–water partition coefficient (Wildman–Crippen LogP) is 1.45. The van der Waals surface area contributed by atoms with Gasteiger partial charge in [-0.15, -0.1) is 0 Å². The van der Waals surface area contributed by atoms with Crippen LogP contribution in [0.25, 0.3) is 0 Å². The summed E-state index contributed by atoms with van der Waals surface area (Å²) in [6.07, 6.45) is -4.51. The van der Waals surface area contributed by atoms with Gasteiger partial charge in [-0.3, -0.25) is 4.79 Å². The van der Waals surface area contributed by atoms with Gasteiger partial charge in [0.15, 0.2) is 0 Å². The molecule has 0 saturated carbocycles. The molecule has 106 valence electrons. The predicted molar refractivity (Wildman–Crippen MR) is 65.6 cm³/mol. The van der Waals surface area contributed by atoms with Crippen LogP contribution in [0, 0.1) is 6.92 Å². The van der Waals surface area contributed by atoms with Crippen molar-refractivity contribution in [1.29, 1.82) is 0 Å². The van der Waals surface area contributed by atoms with Crippen molar-refractivity contribution in [3.63, 3.8) is 0 Å². The SMILES string of the molecule is Cc1ccc(N)c(NCCCNC(=O)C(F)(F)F)n1. The summed E-state index contributed by atoms with van der Waals surface area (Å²) in [6.45, 7) is 2.09. The number of nitrogens with zero attached hydrogens (tertiary/aromatic N) is 1. The van der Waals surface area contributed by atoms with Gasteiger partial charge >= 0.3 is 12.1 Å². The largest absolute Gasteiger partial charge is 0.471 e. The number of alkyl halides is 3. The van der Waals surface area contributed by atoms with Gasteiger partial charge in [0.2, 0.25) is 0 Å². The molecule has 1 aromatic heterocycles. The quantitative estimate of drug-likeness (QED) is 0.711. The number of rotatable bonds is 5. The standard InChI is InChI=1S/C11H15F3N4O/c1-7-3-4-8(15)9(18-7)16-5-2-6-17-10(19)11(12,13)14/h3-4H,2,5-6,15H2,1H3,(H,16,18)(H,17,19). The number of nitrogens with two attached hydrogens (primary N) is 1. The monoisotopic (exact) mass is 276 g/mol. The van der Waals surface area contributed by atoms with E-state index in [1.54, 1.807) is 24.4 Å². The van der Waals surface area contributed by atoms with Crippen molar-refractivity contribution in [2.45, 2.75) is 19.5 Å². The summed E-state index contributed by atoms with van der Waals surface area (Å²) in [5, 5.41) is 4.68. The van der Waals surface area contributed by atoms with Crippen molar-refractivity contribution in [2.24, 2.45) is 0 Å². The van der Waals surface area contributed by atoms with Crippen molar-refractivity contribution < 1.29 is 18.0 Å². The smallest absolute Gasteiger partial charge is 0.396 e. The van der Waals surface area contributed by atoms with E-state index >= 15 is 0 Å². The van der Waals surface area contributed by atoms with Gasteiger partial charge in [-0.05, 0) is 25.5 Å². The Morgan fingerprint density at radius 3 is 2.68 bits per heavy atom. The number of amides is 1. The van der Waals surface area contributed by atoms with Crippen LogP contribution in [0.15, 0.2) is 12.1 Å². The maximum Gasteiger partial charge on any atom is 0.471 e. The fourth-order valence-electron chi connectivity index (χ4n) is 1.31. The molecule has 5 nitrogen and oxygen atoms in total. The number of nitrogen functional groups attached to an aromatic ring is 1. The number of hydrogen-bond donors (Lipinski definition) is 3. The molecule has 0 aliphatic rings. The summed E-state index contributed by atoms with van der Waals surface area (Å²) in [5.74, 6) is -1.44. The van der Waals surface area contributed by atoms with Gasteiger partial charge in [0, 0.05) is 18.8 Å². The zero-order chi connectivity index (χ0) is 14.5. The van der Waals surface area contributed by atoms with E-state index in [2.05, 4.69) is 10.3 Å². The molecule has 19 heavy (non-hydrogen) atoms. The molecule has 0 saturated heterocycles. The van der Waals surface area contributed by atoms with Gasteiger partial charge in [-0.2, -0.15) is 13.2 Å². The molecule has 1 rings (SSSR count). The number of nitrogens with one attached hydrogen (secondary N) is 2. The zero-order valence-electron chi connectivity index (χ0n) is 10.3. The lowest BCUT2D eigenvalue weighted by molar-refractivity contribution is -0.173. The molecule has 1 aromatic rings. The first kappa shape index (κ1) is 15.1. The van der Waals surface area contributed by atoms with E-state index in [0.717, 1.165) is 5.69 Å². The van der Waals surface area contributed by atoms with Crippen molar-refractivity contribution in [3.8, 4) is 0 Å². The minimum atomic E-state index is -4.84. The number of aromatic nitrogens is 1. The first-order valence-electron chi connectivity index (χ1n) is 5.62. The third-order valence-electron chi connectivity index (χ3n) is 2.25. The van der Waals surface area contributed by atoms with Crippen LogP contribution in [0.1, 0.15) is 12.1 Å². The van der Waals surface area contributed by atoms with E-state index in [1.165, 1.54) is 0 Å². The molecular formula is C11H15F3N4O. The number of pyridine rings is 1. The highest BCUT2D eigenvalue weighted by Gasteiger charge is 2.38. The molecule has 0 unspecified atom stereocenters. The Bertz CT molecular complexity index is 448. The third kappa shape index (κ3) is 5.02. The van der Waals surface area contributed by atoms with Crippen molar-refractivity contribution in [2.75, 3.05) is 24.1 Å². The van der Waals surface area contributed by atoms with Crippen molar-refractivity contribution in [1.82, 2.24) is 10.3 Å². The number of carbonyl (C=O) groups excluding carboxylic acids is 1. The molecule has 0 bridgehead atoms. The van der Waals surface area contributed by atoms with Gasteiger partial charge in [-0.25, -0.2) is 4.98 Å². The minimum Gasteiger partial charge on any atom is -0.396 e. The van der Waals surface area contributed by atoms with Crippen molar-refractivity contribution >= 4 is 17.4 Å². The molecule has 0 atom stereocenters. The van der Waals surface area contributed by atoms with Gasteiger partial charge in [-0.1, -0.05) is 0 Å². The Labute approximate surface area is 108 Å². The summed E-state index contributed by atoms with van der Waals surface area (Å²) < 4.78 is 35.6. The number of anilines is 2. The molecule has 0 aliphatic heterocycles. The van der Waals surface area contributed by atoms with Crippen LogP contribution in [0.3, 0.4) is 0 Å². The Balaban J connectivity index is 2.28. The minimum absolute atomic E-state index is 0.0724. The van der Waals surface area contributed by atoms with E-state index in [4.69, 9.17) is 5.73 Å². The Morgan fingerprint density at radius 1 is 1.37 bits per heavy atom. The van der Waals surface area contributed by atoms with Crippen LogP contribution in [0.4, 0.5) is 24.7 Å². The van der Waals surface area contributed by atoms with Gasteiger partial charge in [0.1, 0.15) is 5.82 Å². The van der Waals surface area contributed by atoms with Crippen molar-refractivity contribution in [3.05, 3.63) is 17.8 Å². The number of halogens is 3. The van der Waals surface area contributed by atoms with Crippen LogP contribution in [-0.4, -0.2) is 30.2 Å². The normalized spacial score (nSPS) is 11.2. The van der Waals surface area contributed by atoms with E-state index < -0.39 is 12.1 Å². The van der Waals surface area contributed by atoms with Gasteiger partial charge < -0.3 is 16.4 Å². The second kappa shape index (κ2) is 6.26. The first-order chi connectivity index (χ1) is 8.80. The number of carbonyl (C=O) groups is 1. The van der Waals surface area contributed by atoms with E-state index in [1.807, 2.05) is 0 Å². The molecule has 0 radical (unpaired) electrons. The topological polar surface area (TPSA) is 80.0 Å². The lowest BCUT2D eigenvalue weighted by Crippen LogP contribution is -2.37. The van der Waals surface area contributed by atoms with Gasteiger partial charge in [0.25, 0.3) is 0 Å². The fraction of sp³-hybridized carbons (Fsp3) is 0.455. The second-order valence-electron chi connectivity index (χ2n) is 3.92. The Kier molecular flexibility index (Phi) is 4.96. The molecule has 0 aromatic carbocycles. The maximum absolute atomic E-state index is 11.9. The zero-order valence-corrected chi connectivity index (χ0v) is 10.3. The molecule has 0 spiro atoms. The van der Waals surface area contributed by atoms with Crippen LogP contribution in [0.2, 0.25) is 0 Å². The molecule has 0 fully saturated rings. The van der Waals surface area contributed by atoms with E-state index in [9.17, 15) is 18.0 Å². The van der Waals surface area contributed by atoms with Crippen LogP contribution in [0.5, 0.6) is 0 Å². The summed E-state index contributed by atoms with van der Waals surface area (Å²) in [6, 6.07) is 3.44. The second-order valence-corrected chi connectivity index (χ2v) is 3.92. The highest BCUT2D eigenvalue weighted by Crippen LogP contribution is 2.15. The summed E-state index contributed by atoms with van der Waals surface area (Å²) >= 11 is 0. The first-order valence-corrected chi connectivity index (χ1v) is 5.62. The third-order valence-corrected chi connectivity index (χ3v) is 2.25. The molecule has 1 amide bonds. The van der Waals surface area contributed by atoms with E-state index in [0.29, 0.717) is 24.5 Å². The summed E-state index contributed by atoms with van der Waals surface area (Å²) in [5.41, 5.74) is 6.91. The average Bonchev–Trinajstić information content (AvgIpc) is 2.31.